The topological polar surface area (TPSA) is 75.1 Å². The lowest BCUT2D eigenvalue weighted by atomic mass is 9.77. The Bertz CT molecular complexity index is 1210. The maximum atomic E-state index is 13.4. The van der Waals surface area contributed by atoms with Gasteiger partial charge < -0.3 is 15.5 Å². The Labute approximate surface area is 217 Å². The van der Waals surface area contributed by atoms with Crippen molar-refractivity contribution in [3.8, 4) is 5.69 Å². The van der Waals surface area contributed by atoms with E-state index in [4.69, 9.17) is 11.6 Å². The number of aromatic nitrogens is 3. The lowest BCUT2D eigenvalue weighted by molar-refractivity contribution is 0.102. The van der Waals surface area contributed by atoms with Crippen molar-refractivity contribution in [3.63, 3.8) is 0 Å². The van der Waals surface area contributed by atoms with E-state index in [-0.39, 0.29) is 11.3 Å². The fourth-order valence-electron chi connectivity index (χ4n) is 4.52. The lowest BCUT2D eigenvalue weighted by Gasteiger charge is -2.40. The smallest absolute Gasteiger partial charge is 0.258 e. The van der Waals surface area contributed by atoms with Crippen LogP contribution in [0.5, 0.6) is 0 Å². The standard InChI is InChI=1S/C28H33ClN6O/c1-4-6-15-30-26-23(35-17-7-16-31-35)10-11-25(32-26)33-27(36)22-9-8-21(29)20-24(22)34-18-13-28(3,12-5-2)14-19-34/h4-5,7-11,16-17,20H,1-2,6,12-15,18-19H2,3H3,(H2,30,32,33,36). The van der Waals surface area contributed by atoms with E-state index in [1.165, 1.54) is 0 Å². The molecule has 0 saturated carbocycles. The molecule has 8 heteroatoms. The molecule has 7 nitrogen and oxygen atoms in total. The van der Waals surface area contributed by atoms with Crippen molar-refractivity contribution >= 4 is 34.8 Å². The number of carbonyl (C=O) groups is 1. The van der Waals surface area contributed by atoms with Gasteiger partial charge >= 0.3 is 0 Å². The van der Waals surface area contributed by atoms with Crippen molar-refractivity contribution in [1.82, 2.24) is 14.8 Å². The van der Waals surface area contributed by atoms with E-state index in [0.29, 0.717) is 28.8 Å². The van der Waals surface area contributed by atoms with Crippen LogP contribution in [0, 0.1) is 5.41 Å². The zero-order valence-electron chi connectivity index (χ0n) is 20.7. The molecule has 1 amide bonds. The average Bonchev–Trinajstić information content (AvgIpc) is 3.39. The predicted octanol–water partition coefficient (Wildman–Crippen LogP) is 6.34. The van der Waals surface area contributed by atoms with Gasteiger partial charge in [-0.25, -0.2) is 9.67 Å². The monoisotopic (exact) mass is 504 g/mol. The highest BCUT2D eigenvalue weighted by atomic mass is 35.5. The van der Waals surface area contributed by atoms with Crippen molar-refractivity contribution in [1.29, 1.82) is 0 Å². The number of rotatable bonds is 10. The number of amides is 1. The zero-order valence-corrected chi connectivity index (χ0v) is 21.5. The number of halogens is 1. The third-order valence-electron chi connectivity index (χ3n) is 6.66. The Morgan fingerprint density at radius 3 is 2.67 bits per heavy atom. The SMILES string of the molecule is C=CCCNc1nc(NC(=O)c2ccc(Cl)cc2N2CCC(C)(CC=C)CC2)ccc1-n1cccn1. The van der Waals surface area contributed by atoms with Crippen molar-refractivity contribution < 1.29 is 4.79 Å². The molecule has 1 aliphatic rings. The quantitative estimate of drug-likeness (QED) is 0.249. The van der Waals surface area contributed by atoms with Gasteiger partial charge in [0.1, 0.15) is 11.5 Å². The average molecular weight is 505 g/mol. The Balaban J connectivity index is 1.56. The van der Waals surface area contributed by atoms with Crippen LogP contribution in [0.1, 0.15) is 43.0 Å². The first kappa shape index (κ1) is 25.5. The number of anilines is 3. The van der Waals surface area contributed by atoms with Crippen LogP contribution in [0.15, 0.2) is 74.1 Å². The number of pyridine rings is 1. The van der Waals surface area contributed by atoms with Gasteiger partial charge in [-0.05, 0) is 67.5 Å². The Morgan fingerprint density at radius 1 is 1.17 bits per heavy atom. The molecular weight excluding hydrogens is 472 g/mol. The number of nitrogens with one attached hydrogen (secondary N) is 2. The summed E-state index contributed by atoms with van der Waals surface area (Å²) in [6.07, 6.45) is 11.2. The van der Waals surface area contributed by atoms with Gasteiger partial charge in [-0.3, -0.25) is 4.79 Å². The molecule has 0 bridgehead atoms. The predicted molar refractivity (Wildman–Crippen MR) is 148 cm³/mol. The van der Waals surface area contributed by atoms with Gasteiger partial charge in [0.15, 0.2) is 5.82 Å². The second kappa shape index (κ2) is 11.4. The van der Waals surface area contributed by atoms with Crippen LogP contribution in [-0.2, 0) is 0 Å². The number of nitrogens with zero attached hydrogens (tertiary/aromatic N) is 4. The van der Waals surface area contributed by atoms with Gasteiger partial charge in [-0.2, -0.15) is 5.10 Å². The van der Waals surface area contributed by atoms with Gasteiger partial charge in [-0.1, -0.05) is 30.7 Å². The van der Waals surface area contributed by atoms with E-state index in [1.807, 2.05) is 36.5 Å². The zero-order chi connectivity index (χ0) is 25.5. The highest BCUT2D eigenvalue weighted by Gasteiger charge is 2.30. The summed E-state index contributed by atoms with van der Waals surface area (Å²) >= 11 is 6.35. The summed E-state index contributed by atoms with van der Waals surface area (Å²) in [6.45, 7) is 12.4. The summed E-state index contributed by atoms with van der Waals surface area (Å²) in [6, 6.07) is 10.9. The molecule has 1 aromatic carbocycles. The fourth-order valence-corrected chi connectivity index (χ4v) is 4.69. The van der Waals surface area contributed by atoms with E-state index >= 15 is 0 Å². The van der Waals surface area contributed by atoms with Crippen LogP contribution >= 0.6 is 11.6 Å². The minimum atomic E-state index is -0.225. The molecule has 2 aromatic heterocycles. The van der Waals surface area contributed by atoms with Gasteiger partial charge in [-0.15, -0.1) is 13.2 Å². The van der Waals surface area contributed by atoms with Crippen LogP contribution in [-0.4, -0.2) is 40.3 Å². The first-order chi connectivity index (χ1) is 17.4. The molecular formula is C28H33ClN6O. The number of allylic oxidation sites excluding steroid dienone is 1. The summed E-state index contributed by atoms with van der Waals surface area (Å²) in [5.74, 6) is 0.861. The highest BCUT2D eigenvalue weighted by molar-refractivity contribution is 6.31. The summed E-state index contributed by atoms with van der Waals surface area (Å²) in [4.78, 5) is 20.3. The molecule has 2 N–H and O–H groups in total. The van der Waals surface area contributed by atoms with Gasteiger partial charge in [0.2, 0.25) is 0 Å². The van der Waals surface area contributed by atoms with Crippen LogP contribution < -0.4 is 15.5 Å². The Morgan fingerprint density at radius 2 is 1.97 bits per heavy atom. The third-order valence-corrected chi connectivity index (χ3v) is 6.90. The van der Waals surface area contributed by atoms with Gasteiger partial charge in [0.05, 0.1) is 11.3 Å². The number of piperidine rings is 1. The van der Waals surface area contributed by atoms with E-state index in [1.54, 1.807) is 29.1 Å². The van der Waals surface area contributed by atoms with Crippen molar-refractivity contribution in [2.75, 3.05) is 35.2 Å². The molecule has 1 saturated heterocycles. The highest BCUT2D eigenvalue weighted by Crippen LogP contribution is 2.37. The molecule has 3 heterocycles. The number of carbonyl (C=O) groups excluding carboxylic acids is 1. The minimum absolute atomic E-state index is 0.225. The maximum Gasteiger partial charge on any atom is 0.258 e. The maximum absolute atomic E-state index is 13.4. The first-order valence-electron chi connectivity index (χ1n) is 12.2. The molecule has 36 heavy (non-hydrogen) atoms. The lowest BCUT2D eigenvalue weighted by Crippen LogP contribution is -2.39. The van der Waals surface area contributed by atoms with Crippen molar-refractivity contribution in [3.05, 3.63) is 84.7 Å². The number of hydrogen-bond acceptors (Lipinski definition) is 5. The summed E-state index contributed by atoms with van der Waals surface area (Å²) in [5.41, 5.74) is 2.46. The van der Waals surface area contributed by atoms with Crippen LogP contribution in [0.25, 0.3) is 5.69 Å². The van der Waals surface area contributed by atoms with E-state index in [0.717, 1.165) is 50.1 Å². The van der Waals surface area contributed by atoms with E-state index in [9.17, 15) is 4.79 Å². The number of hydrogen-bond donors (Lipinski definition) is 2. The van der Waals surface area contributed by atoms with Crippen molar-refractivity contribution in [2.24, 2.45) is 5.41 Å². The van der Waals surface area contributed by atoms with Gasteiger partial charge in [0.25, 0.3) is 5.91 Å². The Hall–Kier alpha value is -3.58. The Kier molecular flexibility index (Phi) is 8.10. The largest absolute Gasteiger partial charge is 0.371 e. The van der Waals surface area contributed by atoms with Gasteiger partial charge in [0, 0.05) is 37.1 Å². The third kappa shape index (κ3) is 5.97. The molecule has 0 spiro atoms. The van der Waals surface area contributed by atoms with Crippen LogP contribution in [0.3, 0.4) is 0 Å². The molecule has 188 valence electrons. The molecule has 0 unspecified atom stereocenters. The first-order valence-corrected chi connectivity index (χ1v) is 12.6. The molecule has 3 aromatic rings. The second-order valence-electron chi connectivity index (χ2n) is 9.43. The molecule has 4 rings (SSSR count). The fraction of sp³-hybridized carbons (Fsp3) is 0.321. The molecule has 1 aliphatic heterocycles. The van der Waals surface area contributed by atoms with Crippen LogP contribution in [0.2, 0.25) is 5.02 Å². The normalized spacial score (nSPS) is 14.8. The van der Waals surface area contributed by atoms with Crippen LogP contribution in [0.4, 0.5) is 17.3 Å². The summed E-state index contributed by atoms with van der Waals surface area (Å²) in [7, 11) is 0. The second-order valence-corrected chi connectivity index (χ2v) is 9.86. The molecule has 0 radical (unpaired) electrons. The molecule has 0 aliphatic carbocycles. The van der Waals surface area contributed by atoms with Crippen molar-refractivity contribution in [2.45, 2.75) is 32.6 Å². The number of benzene rings is 1. The molecule has 0 atom stereocenters. The molecule has 1 fully saturated rings. The summed E-state index contributed by atoms with van der Waals surface area (Å²) in [5, 5.41) is 11.2. The minimum Gasteiger partial charge on any atom is -0.371 e. The van der Waals surface area contributed by atoms with E-state index < -0.39 is 0 Å². The summed E-state index contributed by atoms with van der Waals surface area (Å²) < 4.78 is 1.74. The van der Waals surface area contributed by atoms with E-state index in [2.05, 4.69) is 45.7 Å².